The number of benzene rings is 2. The quantitative estimate of drug-likeness (QED) is 0.245. The fraction of sp³-hybridized carbons (Fsp3) is 0.364. The largest absolute Gasteiger partial charge is 0.496 e. The van der Waals surface area contributed by atoms with E-state index in [4.69, 9.17) is 18.6 Å². The number of hydrogen-bond acceptors (Lipinski definition) is 10. The highest BCUT2D eigenvalue weighted by molar-refractivity contribution is 6.18. The van der Waals surface area contributed by atoms with Crippen molar-refractivity contribution in [1.82, 2.24) is 0 Å². The van der Waals surface area contributed by atoms with E-state index in [1.54, 1.807) is 18.2 Å². The number of aliphatic hydroxyl groups is 4. The maximum absolute atomic E-state index is 12.6. The van der Waals surface area contributed by atoms with Crippen molar-refractivity contribution in [2.24, 2.45) is 0 Å². The molecule has 0 bridgehead atoms. The van der Waals surface area contributed by atoms with Gasteiger partial charge in [-0.25, -0.2) is 4.79 Å². The van der Waals surface area contributed by atoms with Crippen LogP contribution in [0.2, 0.25) is 0 Å². The highest BCUT2D eigenvalue weighted by atomic mass is 16.7. The lowest BCUT2D eigenvalue weighted by atomic mass is 9.98. The zero-order valence-electron chi connectivity index (χ0n) is 17.2. The molecule has 1 aliphatic heterocycles. The monoisotopic (exact) mass is 446 g/mol. The number of ether oxygens (including phenoxy) is 3. The van der Waals surface area contributed by atoms with Crippen LogP contribution in [0.3, 0.4) is 0 Å². The Labute approximate surface area is 181 Å². The first-order chi connectivity index (χ1) is 15.3. The van der Waals surface area contributed by atoms with E-state index in [2.05, 4.69) is 0 Å². The average Bonchev–Trinajstić information content (AvgIpc) is 2.78. The van der Waals surface area contributed by atoms with E-state index in [1.165, 1.54) is 26.2 Å². The Morgan fingerprint density at radius 1 is 1.09 bits per heavy atom. The number of carbonyl (C=O) groups excluding carboxylic acids is 1. The Hall–Kier alpha value is -3.02. The minimum atomic E-state index is -1.65. The fourth-order valence-corrected chi connectivity index (χ4v) is 3.86. The van der Waals surface area contributed by atoms with Gasteiger partial charge in [0.15, 0.2) is 5.78 Å². The predicted octanol–water partition coefficient (Wildman–Crippen LogP) is 0.336. The lowest BCUT2D eigenvalue weighted by molar-refractivity contribution is -0.277. The summed E-state index contributed by atoms with van der Waals surface area (Å²) in [6.07, 6.45) is -7.46. The van der Waals surface area contributed by atoms with E-state index in [0.717, 1.165) is 0 Å². The van der Waals surface area contributed by atoms with Crippen molar-refractivity contribution >= 4 is 27.5 Å². The van der Waals surface area contributed by atoms with Crippen molar-refractivity contribution in [1.29, 1.82) is 0 Å². The van der Waals surface area contributed by atoms with E-state index in [1.807, 2.05) is 0 Å². The molecule has 2 aromatic carbocycles. The van der Waals surface area contributed by atoms with Crippen LogP contribution in [0.1, 0.15) is 17.3 Å². The van der Waals surface area contributed by atoms with Crippen LogP contribution >= 0.6 is 0 Å². The maximum atomic E-state index is 12.6. The molecule has 0 unspecified atom stereocenters. The summed E-state index contributed by atoms with van der Waals surface area (Å²) in [6.45, 7) is 0.709. The number of methoxy groups -OCH3 is 1. The molecule has 1 aliphatic rings. The Balaban J connectivity index is 1.87. The van der Waals surface area contributed by atoms with E-state index >= 15 is 0 Å². The molecular formula is C22H22O10. The van der Waals surface area contributed by atoms with Crippen LogP contribution in [0.5, 0.6) is 11.5 Å². The maximum Gasteiger partial charge on any atom is 0.344 e. The fourth-order valence-electron chi connectivity index (χ4n) is 3.86. The second-order valence-electron chi connectivity index (χ2n) is 7.49. The van der Waals surface area contributed by atoms with Gasteiger partial charge in [-0.2, -0.15) is 0 Å². The van der Waals surface area contributed by atoms with Crippen molar-refractivity contribution in [3.8, 4) is 11.5 Å². The molecule has 0 spiro atoms. The van der Waals surface area contributed by atoms with Gasteiger partial charge in [-0.05, 0) is 25.1 Å². The van der Waals surface area contributed by atoms with Gasteiger partial charge in [0.05, 0.1) is 19.1 Å². The van der Waals surface area contributed by atoms with Gasteiger partial charge in [-0.1, -0.05) is 6.07 Å². The summed E-state index contributed by atoms with van der Waals surface area (Å²) in [5.74, 6) is 0.0326. The standard InChI is InChI=1S/C22H22O10/c1-9(24)12-6-10(30-22-20(27)19(26)18(25)15(8-23)32-22)7-14-17(12)16-11(21(28)31-14)4-3-5-13(16)29-2/h3-7,15,18-20,22-23,25-27H,8H2,1-2H3/t15-,18-,19+,20-,22-/m1/s1. The zero-order valence-corrected chi connectivity index (χ0v) is 17.2. The topological polar surface area (TPSA) is 156 Å². The molecule has 1 saturated heterocycles. The molecule has 1 aromatic heterocycles. The first-order valence-corrected chi connectivity index (χ1v) is 9.82. The lowest BCUT2D eigenvalue weighted by Crippen LogP contribution is -2.60. The number of Topliss-reactive ketones (excluding diaryl/α,β-unsaturated/α-hetero) is 1. The first kappa shape index (κ1) is 22.2. The molecule has 4 N–H and O–H groups in total. The first-order valence-electron chi connectivity index (χ1n) is 9.82. The summed E-state index contributed by atoms with van der Waals surface area (Å²) < 4.78 is 21.8. The molecule has 3 aromatic rings. The summed E-state index contributed by atoms with van der Waals surface area (Å²) in [5.41, 5.74) is -0.439. The van der Waals surface area contributed by atoms with E-state index in [0.29, 0.717) is 16.5 Å². The van der Waals surface area contributed by atoms with Gasteiger partial charge in [-0.15, -0.1) is 0 Å². The summed E-state index contributed by atoms with van der Waals surface area (Å²) in [4.78, 5) is 25.0. The molecule has 0 saturated carbocycles. The van der Waals surface area contributed by atoms with Crippen molar-refractivity contribution in [2.45, 2.75) is 37.6 Å². The molecule has 10 heteroatoms. The Morgan fingerprint density at radius 3 is 2.50 bits per heavy atom. The molecule has 2 heterocycles. The molecule has 32 heavy (non-hydrogen) atoms. The highest BCUT2D eigenvalue weighted by Crippen LogP contribution is 2.36. The Bertz CT molecular complexity index is 1230. The predicted molar refractivity (Wildman–Crippen MR) is 111 cm³/mol. The van der Waals surface area contributed by atoms with Gasteiger partial charge < -0.3 is 39.1 Å². The van der Waals surface area contributed by atoms with E-state index < -0.39 is 42.9 Å². The van der Waals surface area contributed by atoms with Crippen LogP contribution in [0.15, 0.2) is 39.5 Å². The Kier molecular flexibility index (Phi) is 5.89. The van der Waals surface area contributed by atoms with Gasteiger partial charge in [0.2, 0.25) is 6.29 Å². The third kappa shape index (κ3) is 3.61. The summed E-state index contributed by atoms with van der Waals surface area (Å²) in [6, 6.07) is 7.58. The summed E-state index contributed by atoms with van der Waals surface area (Å²) in [7, 11) is 1.44. The number of ketones is 1. The van der Waals surface area contributed by atoms with Crippen LogP contribution in [0, 0.1) is 0 Å². The van der Waals surface area contributed by atoms with Crippen LogP contribution in [-0.4, -0.2) is 70.6 Å². The second kappa shape index (κ2) is 8.49. The van der Waals surface area contributed by atoms with Crippen LogP contribution in [0.4, 0.5) is 0 Å². The smallest absolute Gasteiger partial charge is 0.344 e. The van der Waals surface area contributed by atoms with E-state index in [9.17, 15) is 30.0 Å². The van der Waals surface area contributed by atoms with Crippen LogP contribution in [0.25, 0.3) is 21.7 Å². The Morgan fingerprint density at radius 2 is 1.84 bits per heavy atom. The molecule has 4 rings (SSSR count). The summed E-state index contributed by atoms with van der Waals surface area (Å²) in [5, 5.41) is 40.5. The zero-order chi connectivity index (χ0) is 23.2. The normalized spacial score (nSPS) is 25.8. The average molecular weight is 446 g/mol. The molecule has 0 aliphatic carbocycles. The van der Waals surface area contributed by atoms with Gasteiger partial charge in [0.25, 0.3) is 0 Å². The minimum absolute atomic E-state index is 0.00410. The third-order valence-electron chi connectivity index (χ3n) is 5.47. The summed E-state index contributed by atoms with van der Waals surface area (Å²) >= 11 is 0. The van der Waals surface area contributed by atoms with Crippen LogP contribution in [-0.2, 0) is 4.74 Å². The van der Waals surface area contributed by atoms with Crippen molar-refractivity contribution in [3.05, 3.63) is 46.3 Å². The minimum Gasteiger partial charge on any atom is -0.496 e. The molecular weight excluding hydrogens is 424 g/mol. The van der Waals surface area contributed by atoms with Crippen molar-refractivity contribution in [3.63, 3.8) is 0 Å². The number of fused-ring (bicyclic) bond motifs is 3. The molecule has 0 radical (unpaired) electrons. The SMILES string of the molecule is COc1cccc2c(=O)oc3cc(O[C@@H]4O[C@H](CO)[C@@H](O)[C@H](O)[C@H]4O)cc(C(C)=O)c3c12. The molecule has 10 nitrogen and oxygen atoms in total. The molecule has 1 fully saturated rings. The number of rotatable bonds is 5. The van der Waals surface area contributed by atoms with E-state index in [-0.39, 0.29) is 28.1 Å². The molecule has 170 valence electrons. The molecule has 5 atom stereocenters. The van der Waals surface area contributed by atoms with Crippen molar-refractivity contribution < 1.29 is 43.8 Å². The van der Waals surface area contributed by atoms with Gasteiger partial charge in [0.1, 0.15) is 41.5 Å². The molecule has 0 amide bonds. The number of aliphatic hydroxyl groups excluding tert-OH is 4. The number of hydrogen-bond donors (Lipinski definition) is 4. The lowest BCUT2D eigenvalue weighted by Gasteiger charge is -2.39. The van der Waals surface area contributed by atoms with Crippen LogP contribution < -0.4 is 15.1 Å². The number of carbonyl (C=O) groups is 1. The second-order valence-corrected chi connectivity index (χ2v) is 7.49. The van der Waals surface area contributed by atoms with Crippen molar-refractivity contribution in [2.75, 3.05) is 13.7 Å². The van der Waals surface area contributed by atoms with Gasteiger partial charge >= 0.3 is 5.63 Å². The third-order valence-corrected chi connectivity index (χ3v) is 5.47. The van der Waals surface area contributed by atoms with Gasteiger partial charge in [0, 0.05) is 22.4 Å². The highest BCUT2D eigenvalue weighted by Gasteiger charge is 2.44. The van der Waals surface area contributed by atoms with Gasteiger partial charge in [-0.3, -0.25) is 4.79 Å².